The molecule has 2 aromatic rings. The third-order valence-electron chi connectivity index (χ3n) is 3.91. The second-order valence-electron chi connectivity index (χ2n) is 6.38. The molecule has 144 valence electrons. The lowest BCUT2D eigenvalue weighted by atomic mass is 10.1. The number of aromatic hydroxyl groups is 1. The standard InChI is InChI=1S/C19H23N3O4S/c1-13-8-14(2)19(15(3)9-13)27(25,26)22(4)12-18(24)21-20-11-16-6-5-7-17(23)10-16/h5-11,23H,12H2,1-4H3,(H,21,24)/b20-11-. The lowest BCUT2D eigenvalue weighted by Crippen LogP contribution is -2.37. The Hall–Kier alpha value is -2.71. The van der Waals surface area contributed by atoms with Gasteiger partial charge in [0.25, 0.3) is 5.91 Å². The Kier molecular flexibility index (Phi) is 6.35. The first-order valence-corrected chi connectivity index (χ1v) is 9.70. The van der Waals surface area contributed by atoms with Crippen LogP contribution in [-0.2, 0) is 14.8 Å². The third-order valence-corrected chi connectivity index (χ3v) is 6.02. The average molecular weight is 389 g/mol. The van der Waals surface area contributed by atoms with Crippen LogP contribution in [0.15, 0.2) is 46.4 Å². The zero-order valence-corrected chi connectivity index (χ0v) is 16.5. The summed E-state index contributed by atoms with van der Waals surface area (Å²) < 4.78 is 26.7. The van der Waals surface area contributed by atoms with Gasteiger partial charge in [-0.25, -0.2) is 13.8 Å². The molecule has 7 nitrogen and oxygen atoms in total. The van der Waals surface area contributed by atoms with Crippen LogP contribution >= 0.6 is 0 Å². The van der Waals surface area contributed by atoms with Crippen molar-refractivity contribution in [1.29, 1.82) is 0 Å². The van der Waals surface area contributed by atoms with Crippen molar-refractivity contribution < 1.29 is 18.3 Å². The number of sulfonamides is 1. The quantitative estimate of drug-likeness (QED) is 0.584. The fraction of sp³-hybridized carbons (Fsp3) is 0.263. The first kappa shape index (κ1) is 20.6. The summed E-state index contributed by atoms with van der Waals surface area (Å²) in [6.45, 7) is 5.01. The summed E-state index contributed by atoms with van der Waals surface area (Å²) in [6.07, 6.45) is 1.36. The molecule has 0 saturated carbocycles. The largest absolute Gasteiger partial charge is 0.508 e. The molecule has 0 aromatic heterocycles. The maximum Gasteiger partial charge on any atom is 0.255 e. The second kappa shape index (κ2) is 8.32. The van der Waals surface area contributed by atoms with Gasteiger partial charge in [-0.15, -0.1) is 0 Å². The zero-order chi connectivity index (χ0) is 20.2. The molecule has 2 aromatic carbocycles. The van der Waals surface area contributed by atoms with Crippen molar-refractivity contribution in [3.05, 3.63) is 58.7 Å². The van der Waals surface area contributed by atoms with E-state index in [2.05, 4.69) is 10.5 Å². The van der Waals surface area contributed by atoms with E-state index in [1.54, 1.807) is 38.1 Å². The van der Waals surface area contributed by atoms with Crippen molar-refractivity contribution in [3.63, 3.8) is 0 Å². The van der Waals surface area contributed by atoms with Crippen molar-refractivity contribution in [1.82, 2.24) is 9.73 Å². The van der Waals surface area contributed by atoms with E-state index in [0.29, 0.717) is 16.7 Å². The number of rotatable bonds is 6. The normalized spacial score (nSPS) is 11.9. The number of carbonyl (C=O) groups is 1. The van der Waals surface area contributed by atoms with Gasteiger partial charge in [0.05, 0.1) is 17.7 Å². The van der Waals surface area contributed by atoms with E-state index in [4.69, 9.17) is 0 Å². The minimum Gasteiger partial charge on any atom is -0.508 e. The van der Waals surface area contributed by atoms with Crippen molar-refractivity contribution in [2.75, 3.05) is 13.6 Å². The lowest BCUT2D eigenvalue weighted by molar-refractivity contribution is -0.121. The molecular weight excluding hydrogens is 366 g/mol. The molecule has 2 rings (SSSR count). The van der Waals surface area contributed by atoms with Crippen LogP contribution in [0.1, 0.15) is 22.3 Å². The number of amides is 1. The van der Waals surface area contributed by atoms with Gasteiger partial charge in [0.2, 0.25) is 10.0 Å². The van der Waals surface area contributed by atoms with Gasteiger partial charge in [0.15, 0.2) is 0 Å². The average Bonchev–Trinajstić information content (AvgIpc) is 2.53. The Morgan fingerprint density at radius 2 is 1.81 bits per heavy atom. The van der Waals surface area contributed by atoms with Crippen molar-refractivity contribution >= 4 is 22.1 Å². The van der Waals surface area contributed by atoms with E-state index in [-0.39, 0.29) is 17.2 Å². The number of nitrogens with zero attached hydrogens (tertiary/aromatic N) is 2. The molecule has 0 unspecified atom stereocenters. The number of benzene rings is 2. The molecule has 0 fully saturated rings. The van der Waals surface area contributed by atoms with Gasteiger partial charge in [-0.2, -0.15) is 9.41 Å². The van der Waals surface area contributed by atoms with Crippen molar-refractivity contribution in [2.45, 2.75) is 25.7 Å². The smallest absolute Gasteiger partial charge is 0.255 e. The van der Waals surface area contributed by atoms with Crippen LogP contribution in [0.25, 0.3) is 0 Å². The van der Waals surface area contributed by atoms with Gasteiger partial charge in [-0.05, 0) is 49.6 Å². The van der Waals surface area contributed by atoms with Crippen LogP contribution < -0.4 is 5.43 Å². The first-order chi connectivity index (χ1) is 12.6. The van der Waals surface area contributed by atoms with E-state index in [9.17, 15) is 18.3 Å². The van der Waals surface area contributed by atoms with Crippen LogP contribution in [0.3, 0.4) is 0 Å². The minimum atomic E-state index is -3.81. The van der Waals surface area contributed by atoms with E-state index < -0.39 is 15.9 Å². The highest BCUT2D eigenvalue weighted by Crippen LogP contribution is 2.24. The van der Waals surface area contributed by atoms with Gasteiger partial charge in [-0.1, -0.05) is 29.8 Å². The summed E-state index contributed by atoms with van der Waals surface area (Å²) in [5.74, 6) is -0.486. The van der Waals surface area contributed by atoms with E-state index in [1.165, 1.54) is 25.4 Å². The fourth-order valence-electron chi connectivity index (χ4n) is 2.84. The maximum atomic E-state index is 12.8. The molecule has 2 N–H and O–H groups in total. The second-order valence-corrected chi connectivity index (χ2v) is 8.36. The Labute approximate surface area is 159 Å². The van der Waals surface area contributed by atoms with Gasteiger partial charge in [-0.3, -0.25) is 4.79 Å². The number of nitrogens with one attached hydrogen (secondary N) is 1. The number of hydrazone groups is 1. The molecule has 0 aliphatic rings. The molecule has 0 spiro atoms. The molecule has 0 heterocycles. The van der Waals surface area contributed by atoms with E-state index in [1.807, 2.05) is 6.92 Å². The molecule has 0 saturated heterocycles. The molecule has 1 amide bonds. The van der Waals surface area contributed by atoms with Gasteiger partial charge in [0, 0.05) is 7.05 Å². The Balaban J connectivity index is 2.07. The number of hydrogen-bond acceptors (Lipinski definition) is 5. The molecule has 27 heavy (non-hydrogen) atoms. The van der Waals surface area contributed by atoms with Crippen molar-refractivity contribution in [2.24, 2.45) is 5.10 Å². The van der Waals surface area contributed by atoms with Gasteiger partial charge < -0.3 is 5.11 Å². The summed E-state index contributed by atoms with van der Waals surface area (Å²) in [5, 5.41) is 13.2. The highest BCUT2D eigenvalue weighted by atomic mass is 32.2. The summed E-state index contributed by atoms with van der Waals surface area (Å²) in [5.41, 5.74) is 5.14. The molecule has 0 radical (unpaired) electrons. The monoisotopic (exact) mass is 389 g/mol. The Morgan fingerprint density at radius 3 is 2.41 bits per heavy atom. The third kappa shape index (κ3) is 5.15. The number of aryl methyl sites for hydroxylation is 3. The van der Waals surface area contributed by atoms with E-state index >= 15 is 0 Å². The van der Waals surface area contributed by atoms with Gasteiger partial charge in [0.1, 0.15) is 5.75 Å². The summed E-state index contributed by atoms with van der Waals surface area (Å²) in [6, 6.07) is 9.95. The van der Waals surface area contributed by atoms with Crippen molar-refractivity contribution in [3.8, 4) is 5.75 Å². The molecule has 0 aliphatic carbocycles. The Bertz CT molecular complexity index is 961. The highest BCUT2D eigenvalue weighted by Gasteiger charge is 2.26. The van der Waals surface area contributed by atoms with Crippen LogP contribution in [0.2, 0.25) is 0 Å². The van der Waals surface area contributed by atoms with Crippen LogP contribution in [0.4, 0.5) is 0 Å². The minimum absolute atomic E-state index is 0.0833. The lowest BCUT2D eigenvalue weighted by Gasteiger charge is -2.19. The SMILES string of the molecule is Cc1cc(C)c(S(=O)(=O)N(C)CC(=O)N/N=C\c2cccc(O)c2)c(C)c1. The van der Waals surface area contributed by atoms with Gasteiger partial charge >= 0.3 is 0 Å². The molecule has 8 heteroatoms. The number of phenolic OH excluding ortho intramolecular Hbond substituents is 1. The van der Waals surface area contributed by atoms with Crippen LogP contribution in [0.5, 0.6) is 5.75 Å². The highest BCUT2D eigenvalue weighted by molar-refractivity contribution is 7.89. The molecular formula is C19H23N3O4S. The summed E-state index contributed by atoms with van der Waals surface area (Å²) in [4.78, 5) is 12.2. The summed E-state index contributed by atoms with van der Waals surface area (Å²) in [7, 11) is -2.45. The first-order valence-electron chi connectivity index (χ1n) is 8.26. The van der Waals surface area contributed by atoms with Crippen LogP contribution in [0, 0.1) is 20.8 Å². The fourth-order valence-corrected chi connectivity index (χ4v) is 4.37. The van der Waals surface area contributed by atoms with E-state index in [0.717, 1.165) is 9.87 Å². The molecule has 0 aliphatic heterocycles. The predicted octanol–water partition coefficient (Wildman–Crippen LogP) is 2.09. The predicted molar refractivity (Wildman–Crippen MR) is 104 cm³/mol. The number of likely N-dealkylation sites (N-methyl/N-ethyl adjacent to an activating group) is 1. The number of phenols is 1. The number of hydrogen-bond donors (Lipinski definition) is 2. The molecule has 0 atom stereocenters. The maximum absolute atomic E-state index is 12.8. The Morgan fingerprint density at radius 1 is 1.19 bits per heavy atom. The topological polar surface area (TPSA) is 99.1 Å². The van der Waals surface area contributed by atoms with Crippen LogP contribution in [-0.4, -0.2) is 43.5 Å². The summed E-state index contributed by atoms with van der Waals surface area (Å²) >= 11 is 0. The molecule has 0 bridgehead atoms. The zero-order valence-electron chi connectivity index (χ0n) is 15.7. The number of carbonyl (C=O) groups excluding carboxylic acids is 1.